The van der Waals surface area contributed by atoms with Crippen LogP contribution >= 0.6 is 0 Å². The third kappa shape index (κ3) is 2.64. The van der Waals surface area contributed by atoms with Crippen molar-refractivity contribution in [3.63, 3.8) is 0 Å². The first-order chi connectivity index (χ1) is 7.81. The number of amides is 1. The molecule has 0 bridgehead atoms. The second-order valence-corrected chi connectivity index (χ2v) is 4.80. The molecule has 2 saturated heterocycles. The molecule has 0 spiro atoms. The lowest BCUT2D eigenvalue weighted by atomic mass is 10.0. The van der Waals surface area contributed by atoms with E-state index in [4.69, 9.17) is 0 Å². The van der Waals surface area contributed by atoms with Gasteiger partial charge in [-0.2, -0.15) is 0 Å². The SMILES string of the molecule is CC=CC(=O)N1CCC(N2CCCC2)CC1. The fourth-order valence-electron chi connectivity index (χ4n) is 2.81. The smallest absolute Gasteiger partial charge is 0.246 e. The summed E-state index contributed by atoms with van der Waals surface area (Å²) in [6.07, 6.45) is 8.53. The van der Waals surface area contributed by atoms with E-state index in [0.29, 0.717) is 0 Å². The van der Waals surface area contributed by atoms with Crippen molar-refractivity contribution in [3.8, 4) is 0 Å². The Morgan fingerprint density at radius 2 is 1.75 bits per heavy atom. The molecule has 2 fully saturated rings. The summed E-state index contributed by atoms with van der Waals surface area (Å²) in [5.41, 5.74) is 0. The van der Waals surface area contributed by atoms with Gasteiger partial charge in [-0.15, -0.1) is 0 Å². The van der Waals surface area contributed by atoms with Gasteiger partial charge in [-0.3, -0.25) is 4.79 Å². The van der Waals surface area contributed by atoms with Crippen LogP contribution in [0.25, 0.3) is 0 Å². The summed E-state index contributed by atoms with van der Waals surface area (Å²) in [5, 5.41) is 0. The maximum atomic E-state index is 11.7. The van der Waals surface area contributed by atoms with E-state index in [0.717, 1.165) is 32.0 Å². The van der Waals surface area contributed by atoms with Crippen molar-refractivity contribution in [3.05, 3.63) is 12.2 Å². The molecule has 0 radical (unpaired) electrons. The second-order valence-electron chi connectivity index (χ2n) is 4.80. The summed E-state index contributed by atoms with van der Waals surface area (Å²) in [7, 11) is 0. The van der Waals surface area contributed by atoms with Crippen molar-refractivity contribution in [1.82, 2.24) is 9.80 Å². The highest BCUT2D eigenvalue weighted by atomic mass is 16.2. The minimum Gasteiger partial charge on any atom is -0.339 e. The maximum absolute atomic E-state index is 11.7. The van der Waals surface area contributed by atoms with Crippen molar-refractivity contribution < 1.29 is 4.79 Å². The average molecular weight is 222 g/mol. The molecule has 0 aromatic carbocycles. The molecule has 2 rings (SSSR count). The van der Waals surface area contributed by atoms with Gasteiger partial charge in [0.15, 0.2) is 0 Å². The fraction of sp³-hybridized carbons (Fsp3) is 0.769. The van der Waals surface area contributed by atoms with E-state index in [1.54, 1.807) is 6.08 Å². The van der Waals surface area contributed by atoms with Crippen LogP contribution in [-0.2, 0) is 4.79 Å². The number of carbonyl (C=O) groups excluding carboxylic acids is 1. The number of piperidine rings is 1. The molecule has 0 aromatic rings. The Morgan fingerprint density at radius 1 is 1.12 bits per heavy atom. The van der Waals surface area contributed by atoms with Gasteiger partial charge in [0.25, 0.3) is 0 Å². The quantitative estimate of drug-likeness (QED) is 0.663. The Morgan fingerprint density at radius 3 is 2.31 bits per heavy atom. The van der Waals surface area contributed by atoms with Crippen molar-refractivity contribution >= 4 is 5.91 Å². The lowest BCUT2D eigenvalue weighted by Crippen LogP contribution is -2.45. The van der Waals surface area contributed by atoms with E-state index in [9.17, 15) is 4.79 Å². The summed E-state index contributed by atoms with van der Waals surface area (Å²) in [4.78, 5) is 16.2. The van der Waals surface area contributed by atoms with Crippen LogP contribution in [0.5, 0.6) is 0 Å². The summed E-state index contributed by atoms with van der Waals surface area (Å²) < 4.78 is 0. The Labute approximate surface area is 98.1 Å². The van der Waals surface area contributed by atoms with E-state index < -0.39 is 0 Å². The Kier molecular flexibility index (Phi) is 3.99. The van der Waals surface area contributed by atoms with Gasteiger partial charge in [-0.05, 0) is 51.8 Å². The van der Waals surface area contributed by atoms with Crippen LogP contribution in [-0.4, -0.2) is 47.9 Å². The normalized spacial score (nSPS) is 24.4. The van der Waals surface area contributed by atoms with Crippen LogP contribution in [0.1, 0.15) is 32.6 Å². The molecule has 16 heavy (non-hydrogen) atoms. The average Bonchev–Trinajstić information content (AvgIpc) is 2.83. The van der Waals surface area contributed by atoms with Crippen LogP contribution in [0.4, 0.5) is 0 Å². The molecule has 0 aromatic heterocycles. The number of nitrogens with zero attached hydrogens (tertiary/aromatic N) is 2. The van der Waals surface area contributed by atoms with E-state index in [-0.39, 0.29) is 5.91 Å². The van der Waals surface area contributed by atoms with Crippen LogP contribution < -0.4 is 0 Å². The molecule has 0 N–H and O–H groups in total. The van der Waals surface area contributed by atoms with Gasteiger partial charge in [-0.1, -0.05) is 6.08 Å². The highest BCUT2D eigenvalue weighted by Gasteiger charge is 2.27. The predicted molar refractivity (Wildman–Crippen MR) is 65.2 cm³/mol. The lowest BCUT2D eigenvalue weighted by molar-refractivity contribution is -0.127. The number of carbonyl (C=O) groups is 1. The zero-order valence-electron chi connectivity index (χ0n) is 10.2. The zero-order valence-corrected chi connectivity index (χ0v) is 10.2. The van der Waals surface area contributed by atoms with Crippen molar-refractivity contribution in [2.75, 3.05) is 26.2 Å². The first-order valence-corrected chi connectivity index (χ1v) is 6.47. The number of hydrogen-bond donors (Lipinski definition) is 0. The molecule has 2 aliphatic rings. The predicted octanol–water partition coefficient (Wildman–Crippen LogP) is 1.65. The molecule has 0 unspecified atom stereocenters. The van der Waals surface area contributed by atoms with Gasteiger partial charge in [0.1, 0.15) is 0 Å². The zero-order chi connectivity index (χ0) is 11.4. The molecule has 2 aliphatic heterocycles. The van der Waals surface area contributed by atoms with Crippen LogP contribution in [0, 0.1) is 0 Å². The minimum absolute atomic E-state index is 0.183. The molecule has 0 atom stereocenters. The molecule has 0 aliphatic carbocycles. The number of rotatable bonds is 2. The van der Waals surface area contributed by atoms with Gasteiger partial charge >= 0.3 is 0 Å². The lowest BCUT2D eigenvalue weighted by Gasteiger charge is -2.36. The summed E-state index contributed by atoms with van der Waals surface area (Å²) in [6, 6.07) is 0.733. The molecule has 3 nitrogen and oxygen atoms in total. The highest BCUT2D eigenvalue weighted by molar-refractivity contribution is 5.87. The monoisotopic (exact) mass is 222 g/mol. The van der Waals surface area contributed by atoms with Gasteiger partial charge in [-0.25, -0.2) is 0 Å². The van der Waals surface area contributed by atoms with Crippen LogP contribution in [0.15, 0.2) is 12.2 Å². The molecule has 2 heterocycles. The number of allylic oxidation sites excluding steroid dienone is 1. The van der Waals surface area contributed by atoms with Crippen molar-refractivity contribution in [2.45, 2.75) is 38.6 Å². The molecule has 1 amide bonds. The molecule has 3 heteroatoms. The van der Waals surface area contributed by atoms with E-state index in [1.807, 2.05) is 17.9 Å². The minimum atomic E-state index is 0.183. The molecule has 0 saturated carbocycles. The molecular weight excluding hydrogens is 200 g/mol. The second kappa shape index (κ2) is 5.48. The third-order valence-electron chi connectivity index (χ3n) is 3.74. The number of hydrogen-bond acceptors (Lipinski definition) is 2. The van der Waals surface area contributed by atoms with Gasteiger partial charge in [0.2, 0.25) is 5.91 Å². The first-order valence-electron chi connectivity index (χ1n) is 6.47. The molecular formula is C13H22N2O. The number of likely N-dealkylation sites (tertiary alicyclic amines) is 2. The largest absolute Gasteiger partial charge is 0.339 e. The Bertz CT molecular complexity index is 261. The summed E-state index contributed by atoms with van der Waals surface area (Å²) >= 11 is 0. The molecule has 90 valence electrons. The van der Waals surface area contributed by atoms with E-state index >= 15 is 0 Å². The maximum Gasteiger partial charge on any atom is 0.246 e. The summed E-state index contributed by atoms with van der Waals surface area (Å²) in [6.45, 7) is 6.31. The standard InChI is InChI=1S/C13H22N2O/c1-2-5-13(16)15-10-6-12(7-11-15)14-8-3-4-9-14/h2,5,12H,3-4,6-11H2,1H3. The first kappa shape index (κ1) is 11.6. The Hall–Kier alpha value is -0.830. The van der Waals surface area contributed by atoms with Crippen LogP contribution in [0.3, 0.4) is 0 Å². The van der Waals surface area contributed by atoms with Gasteiger partial charge < -0.3 is 9.80 Å². The van der Waals surface area contributed by atoms with Gasteiger partial charge in [0, 0.05) is 19.1 Å². The van der Waals surface area contributed by atoms with Crippen LogP contribution in [0.2, 0.25) is 0 Å². The highest BCUT2D eigenvalue weighted by Crippen LogP contribution is 2.21. The van der Waals surface area contributed by atoms with E-state index in [1.165, 1.54) is 25.9 Å². The Balaban J connectivity index is 1.79. The van der Waals surface area contributed by atoms with Crippen molar-refractivity contribution in [1.29, 1.82) is 0 Å². The van der Waals surface area contributed by atoms with Crippen molar-refractivity contribution in [2.24, 2.45) is 0 Å². The van der Waals surface area contributed by atoms with E-state index in [2.05, 4.69) is 4.90 Å². The topological polar surface area (TPSA) is 23.6 Å². The van der Waals surface area contributed by atoms with Gasteiger partial charge in [0.05, 0.1) is 0 Å². The summed E-state index contributed by atoms with van der Waals surface area (Å²) in [5.74, 6) is 0.183. The third-order valence-corrected chi connectivity index (χ3v) is 3.74. The fourth-order valence-corrected chi connectivity index (χ4v) is 2.81.